The molecule has 0 aliphatic carbocycles. The molecule has 0 atom stereocenters. The highest BCUT2D eigenvalue weighted by Gasteiger charge is 2.12. The fourth-order valence-electron chi connectivity index (χ4n) is 2.49. The predicted molar refractivity (Wildman–Crippen MR) is 102 cm³/mol. The van der Waals surface area contributed by atoms with Gasteiger partial charge in [-0.15, -0.1) is 5.10 Å². The summed E-state index contributed by atoms with van der Waals surface area (Å²) in [5.41, 5.74) is 2.10. The molecule has 2 amide bonds. The second kappa shape index (κ2) is 7.58. The van der Waals surface area contributed by atoms with Crippen molar-refractivity contribution in [1.82, 2.24) is 15.0 Å². The number of para-hydroxylation sites is 1. The van der Waals surface area contributed by atoms with Crippen LogP contribution in [0.2, 0.25) is 0 Å². The minimum Gasteiger partial charge on any atom is -0.459 e. The minimum atomic E-state index is -0.380. The van der Waals surface area contributed by atoms with Crippen LogP contribution in [0.3, 0.4) is 0 Å². The smallest absolute Gasteiger partial charge is 0.291 e. The van der Waals surface area contributed by atoms with E-state index >= 15 is 0 Å². The van der Waals surface area contributed by atoms with E-state index in [0.717, 1.165) is 5.69 Å². The van der Waals surface area contributed by atoms with Crippen molar-refractivity contribution in [2.45, 2.75) is 0 Å². The van der Waals surface area contributed by atoms with Crippen molar-refractivity contribution in [3.05, 3.63) is 90.6 Å². The number of nitrogens with one attached hydrogen (secondary N) is 2. The van der Waals surface area contributed by atoms with Crippen LogP contribution in [0.5, 0.6) is 0 Å². The lowest BCUT2D eigenvalue weighted by atomic mass is 10.2. The molecule has 4 rings (SSSR count). The maximum atomic E-state index is 12.4. The van der Waals surface area contributed by atoms with Gasteiger partial charge in [-0.1, -0.05) is 18.2 Å². The van der Waals surface area contributed by atoms with Gasteiger partial charge in [0, 0.05) is 11.4 Å². The van der Waals surface area contributed by atoms with Crippen LogP contribution in [0.4, 0.5) is 11.4 Å². The van der Waals surface area contributed by atoms with E-state index < -0.39 is 0 Å². The number of nitrogens with zero attached hydrogens (tertiary/aromatic N) is 3. The summed E-state index contributed by atoms with van der Waals surface area (Å²) in [6.07, 6.45) is 2.84. The molecule has 0 bridgehead atoms. The van der Waals surface area contributed by atoms with Crippen molar-refractivity contribution in [2.75, 3.05) is 10.6 Å². The molecule has 4 aromatic rings. The third kappa shape index (κ3) is 3.80. The average molecular weight is 373 g/mol. The van der Waals surface area contributed by atoms with Gasteiger partial charge in [0.15, 0.2) is 11.5 Å². The highest BCUT2D eigenvalue weighted by Crippen LogP contribution is 2.16. The molecule has 0 unspecified atom stereocenters. The third-order valence-electron chi connectivity index (χ3n) is 3.86. The Morgan fingerprint density at radius 2 is 1.50 bits per heavy atom. The second-order valence-electron chi connectivity index (χ2n) is 5.82. The van der Waals surface area contributed by atoms with Crippen LogP contribution in [-0.4, -0.2) is 26.8 Å². The van der Waals surface area contributed by atoms with Gasteiger partial charge < -0.3 is 15.1 Å². The molecule has 28 heavy (non-hydrogen) atoms. The molecule has 2 aromatic carbocycles. The average Bonchev–Trinajstić information content (AvgIpc) is 3.42. The summed E-state index contributed by atoms with van der Waals surface area (Å²) in [4.78, 5) is 25.7. The van der Waals surface area contributed by atoms with E-state index in [1.165, 1.54) is 17.3 Å². The van der Waals surface area contributed by atoms with Gasteiger partial charge in [0.05, 0.1) is 18.1 Å². The first-order valence-corrected chi connectivity index (χ1v) is 8.43. The normalized spacial score (nSPS) is 10.4. The Bertz CT molecular complexity index is 1090. The molecule has 0 saturated carbocycles. The predicted octanol–water partition coefficient (Wildman–Crippen LogP) is 3.36. The fourth-order valence-corrected chi connectivity index (χ4v) is 2.49. The molecule has 2 aromatic heterocycles. The molecule has 0 fully saturated rings. The van der Waals surface area contributed by atoms with Gasteiger partial charge in [0.2, 0.25) is 0 Å². The Morgan fingerprint density at radius 1 is 0.821 bits per heavy atom. The lowest BCUT2D eigenvalue weighted by Crippen LogP contribution is -2.14. The Hall–Kier alpha value is -4.20. The Labute approximate surface area is 159 Å². The van der Waals surface area contributed by atoms with E-state index in [2.05, 4.69) is 20.8 Å². The van der Waals surface area contributed by atoms with Crippen LogP contribution < -0.4 is 10.6 Å². The number of aromatic nitrogens is 3. The van der Waals surface area contributed by atoms with Gasteiger partial charge in [-0.2, -0.15) is 9.90 Å². The van der Waals surface area contributed by atoms with Gasteiger partial charge in [-0.3, -0.25) is 9.59 Å². The number of carbonyl (C=O) groups is 2. The summed E-state index contributed by atoms with van der Waals surface area (Å²) in [5.74, 6) is -0.507. The van der Waals surface area contributed by atoms with E-state index in [4.69, 9.17) is 4.42 Å². The van der Waals surface area contributed by atoms with Gasteiger partial charge in [-0.05, 0) is 48.5 Å². The van der Waals surface area contributed by atoms with Crippen LogP contribution >= 0.6 is 0 Å². The number of hydrogen-bond acceptors (Lipinski definition) is 5. The summed E-state index contributed by atoms with van der Waals surface area (Å²) in [5, 5.41) is 13.7. The summed E-state index contributed by atoms with van der Waals surface area (Å²) >= 11 is 0. The maximum absolute atomic E-state index is 12.4. The number of hydrogen-bond donors (Lipinski definition) is 2. The molecule has 0 saturated heterocycles. The zero-order valence-corrected chi connectivity index (χ0v) is 14.6. The highest BCUT2D eigenvalue weighted by atomic mass is 16.3. The minimum absolute atomic E-state index is 0.194. The van der Waals surface area contributed by atoms with Gasteiger partial charge in [0.1, 0.15) is 0 Å². The van der Waals surface area contributed by atoms with Crippen LogP contribution in [-0.2, 0) is 0 Å². The summed E-state index contributed by atoms with van der Waals surface area (Å²) < 4.78 is 5.04. The largest absolute Gasteiger partial charge is 0.459 e. The molecule has 8 nitrogen and oxygen atoms in total. The van der Waals surface area contributed by atoms with Gasteiger partial charge >= 0.3 is 0 Å². The first-order chi connectivity index (χ1) is 13.7. The van der Waals surface area contributed by atoms with E-state index in [0.29, 0.717) is 11.4 Å². The third-order valence-corrected chi connectivity index (χ3v) is 3.86. The molecule has 2 N–H and O–H groups in total. The number of amides is 2. The van der Waals surface area contributed by atoms with Crippen LogP contribution in [0.1, 0.15) is 21.0 Å². The van der Waals surface area contributed by atoms with E-state index in [-0.39, 0.29) is 23.3 Å². The number of carbonyl (C=O) groups excluding carboxylic acids is 2. The SMILES string of the molecule is O=C(Nc1ccc(NC(=O)c2ccco2)cc1)c1cnn(-c2ccccc2)n1. The number of rotatable bonds is 5. The van der Waals surface area contributed by atoms with Crippen LogP contribution in [0, 0.1) is 0 Å². The van der Waals surface area contributed by atoms with Crippen molar-refractivity contribution in [1.29, 1.82) is 0 Å². The molecule has 0 aliphatic heterocycles. The van der Waals surface area contributed by atoms with Crippen molar-refractivity contribution >= 4 is 23.2 Å². The van der Waals surface area contributed by atoms with Gasteiger partial charge in [0.25, 0.3) is 11.8 Å². The number of anilines is 2. The Morgan fingerprint density at radius 3 is 2.14 bits per heavy atom. The zero-order valence-electron chi connectivity index (χ0n) is 14.6. The molecular formula is C20H15N5O3. The van der Waals surface area contributed by atoms with Gasteiger partial charge in [-0.25, -0.2) is 0 Å². The highest BCUT2D eigenvalue weighted by molar-refractivity contribution is 6.04. The fraction of sp³-hybridized carbons (Fsp3) is 0. The van der Waals surface area contributed by atoms with E-state index in [1.807, 2.05) is 30.3 Å². The Kier molecular flexibility index (Phi) is 4.67. The lowest BCUT2D eigenvalue weighted by molar-refractivity contribution is 0.0994. The van der Waals surface area contributed by atoms with Crippen molar-refractivity contribution < 1.29 is 14.0 Å². The molecule has 0 spiro atoms. The van der Waals surface area contributed by atoms with Crippen molar-refractivity contribution in [3.8, 4) is 5.69 Å². The van der Waals surface area contributed by atoms with Crippen molar-refractivity contribution in [3.63, 3.8) is 0 Å². The zero-order chi connectivity index (χ0) is 19.3. The quantitative estimate of drug-likeness (QED) is 0.558. The summed E-state index contributed by atoms with van der Waals surface area (Å²) in [6.45, 7) is 0. The summed E-state index contributed by atoms with van der Waals surface area (Å²) in [6, 6.07) is 19.2. The number of furan rings is 1. The molecular weight excluding hydrogens is 358 g/mol. The standard InChI is InChI=1S/C20H15N5O3/c26-19(17-13-21-25(24-17)16-5-2-1-3-6-16)22-14-8-10-15(11-9-14)23-20(27)18-7-4-12-28-18/h1-13H,(H,22,26)(H,23,27). The van der Waals surface area contributed by atoms with E-state index in [1.54, 1.807) is 36.4 Å². The first-order valence-electron chi connectivity index (χ1n) is 8.43. The topological polar surface area (TPSA) is 102 Å². The monoisotopic (exact) mass is 373 g/mol. The summed E-state index contributed by atoms with van der Waals surface area (Å²) in [7, 11) is 0. The molecule has 138 valence electrons. The number of benzene rings is 2. The maximum Gasteiger partial charge on any atom is 0.291 e. The first kappa shape index (κ1) is 17.2. The molecule has 2 heterocycles. The second-order valence-corrected chi connectivity index (χ2v) is 5.82. The molecule has 0 radical (unpaired) electrons. The van der Waals surface area contributed by atoms with Crippen LogP contribution in [0.25, 0.3) is 5.69 Å². The molecule has 0 aliphatic rings. The van der Waals surface area contributed by atoms with Crippen LogP contribution in [0.15, 0.2) is 83.6 Å². The molecule has 8 heteroatoms. The van der Waals surface area contributed by atoms with Crippen molar-refractivity contribution in [2.24, 2.45) is 0 Å². The Balaban J connectivity index is 1.40. The lowest BCUT2D eigenvalue weighted by Gasteiger charge is -2.06. The van der Waals surface area contributed by atoms with E-state index in [9.17, 15) is 9.59 Å².